The van der Waals surface area contributed by atoms with Gasteiger partial charge in [-0.3, -0.25) is 0 Å². The van der Waals surface area contributed by atoms with Crippen LogP contribution < -0.4 is 0 Å². The van der Waals surface area contributed by atoms with Crippen molar-refractivity contribution in [1.29, 1.82) is 0 Å². The Balaban J connectivity index is 2.54. The van der Waals surface area contributed by atoms with Crippen molar-refractivity contribution in [2.75, 3.05) is 19.8 Å². The van der Waals surface area contributed by atoms with Gasteiger partial charge in [0.1, 0.15) is 4.90 Å². The molecule has 0 bridgehead atoms. The van der Waals surface area contributed by atoms with Crippen LogP contribution in [0.2, 0.25) is 10.0 Å². The lowest BCUT2D eigenvalue weighted by Crippen LogP contribution is -2.55. The zero-order chi connectivity index (χ0) is 15.8. The summed E-state index contributed by atoms with van der Waals surface area (Å²) in [6.07, 6.45) is 0. The zero-order valence-electron chi connectivity index (χ0n) is 11.8. The summed E-state index contributed by atoms with van der Waals surface area (Å²) in [5.74, 6) is 0. The topological polar surface area (TPSA) is 66.8 Å². The van der Waals surface area contributed by atoms with Crippen molar-refractivity contribution in [3.63, 3.8) is 0 Å². The number of halogens is 2. The standard InChI is InChI=1S/C13H17Cl2NO4S/c1-13(2)8-20-6-5-16(13)21(18,19)11-4-3-10(14)9(7-17)12(11)15/h3-4,17H,5-8H2,1-2H3. The molecule has 1 N–H and O–H groups in total. The van der Waals surface area contributed by atoms with Crippen molar-refractivity contribution in [3.05, 3.63) is 27.7 Å². The molecule has 0 aromatic heterocycles. The highest BCUT2D eigenvalue weighted by molar-refractivity contribution is 7.89. The number of benzene rings is 1. The number of aliphatic hydroxyl groups is 1. The Bertz CT molecular complexity index is 646. The van der Waals surface area contributed by atoms with Gasteiger partial charge in [0, 0.05) is 17.1 Å². The molecule has 0 amide bonds. The highest BCUT2D eigenvalue weighted by Gasteiger charge is 2.40. The summed E-state index contributed by atoms with van der Waals surface area (Å²) in [5, 5.41) is 9.51. The van der Waals surface area contributed by atoms with Gasteiger partial charge >= 0.3 is 0 Å². The second-order valence-electron chi connectivity index (χ2n) is 5.44. The van der Waals surface area contributed by atoms with Crippen LogP contribution in [0.1, 0.15) is 19.4 Å². The third-order valence-corrected chi connectivity index (χ3v) is 6.50. The summed E-state index contributed by atoms with van der Waals surface area (Å²) in [7, 11) is -3.80. The Hall–Kier alpha value is -0.370. The summed E-state index contributed by atoms with van der Waals surface area (Å²) in [5.41, 5.74) is -0.454. The second kappa shape index (κ2) is 6.02. The van der Waals surface area contributed by atoms with Crippen LogP contribution in [-0.4, -0.2) is 43.1 Å². The third kappa shape index (κ3) is 3.06. The maximum absolute atomic E-state index is 12.9. The number of ether oxygens (including phenoxy) is 1. The summed E-state index contributed by atoms with van der Waals surface area (Å²) in [6, 6.07) is 2.80. The van der Waals surface area contributed by atoms with E-state index in [1.54, 1.807) is 13.8 Å². The van der Waals surface area contributed by atoms with E-state index in [1.165, 1.54) is 16.4 Å². The summed E-state index contributed by atoms with van der Waals surface area (Å²) < 4.78 is 32.4. The molecule has 5 nitrogen and oxygen atoms in total. The average Bonchev–Trinajstić information content (AvgIpc) is 2.38. The van der Waals surface area contributed by atoms with Crippen molar-refractivity contribution < 1.29 is 18.3 Å². The molecule has 2 rings (SSSR count). The van der Waals surface area contributed by atoms with E-state index < -0.39 is 22.2 Å². The predicted octanol–water partition coefficient (Wildman–Crippen LogP) is 2.29. The van der Waals surface area contributed by atoms with Gasteiger partial charge in [-0.2, -0.15) is 4.31 Å². The lowest BCUT2D eigenvalue weighted by molar-refractivity contribution is -0.00770. The van der Waals surface area contributed by atoms with E-state index in [4.69, 9.17) is 27.9 Å². The van der Waals surface area contributed by atoms with Crippen LogP contribution in [-0.2, 0) is 21.4 Å². The third-order valence-electron chi connectivity index (χ3n) is 3.45. The molecule has 1 heterocycles. The van der Waals surface area contributed by atoms with Crippen molar-refractivity contribution in [2.45, 2.75) is 30.9 Å². The number of sulfonamides is 1. The van der Waals surface area contributed by atoms with E-state index in [-0.39, 0.29) is 27.0 Å². The van der Waals surface area contributed by atoms with E-state index in [1.807, 2.05) is 0 Å². The smallest absolute Gasteiger partial charge is 0.245 e. The second-order valence-corrected chi connectivity index (χ2v) is 8.05. The molecule has 0 aliphatic carbocycles. The lowest BCUT2D eigenvalue weighted by atomic mass is 10.1. The highest BCUT2D eigenvalue weighted by atomic mass is 35.5. The molecular formula is C13H17Cl2NO4S. The first-order chi connectivity index (χ1) is 9.71. The molecule has 8 heteroatoms. The van der Waals surface area contributed by atoms with E-state index in [9.17, 15) is 13.5 Å². The molecule has 1 aliphatic heterocycles. The summed E-state index contributed by atoms with van der Waals surface area (Å²) >= 11 is 12.1. The van der Waals surface area contributed by atoms with Crippen LogP contribution in [0.15, 0.2) is 17.0 Å². The van der Waals surface area contributed by atoms with Crippen molar-refractivity contribution in [1.82, 2.24) is 4.31 Å². The van der Waals surface area contributed by atoms with Gasteiger partial charge in [0.2, 0.25) is 10.0 Å². The average molecular weight is 354 g/mol. The molecule has 21 heavy (non-hydrogen) atoms. The first-order valence-corrected chi connectivity index (χ1v) is 8.60. The number of aliphatic hydroxyl groups excluding tert-OH is 1. The molecule has 0 saturated carbocycles. The van der Waals surface area contributed by atoms with Crippen LogP contribution in [0.25, 0.3) is 0 Å². The van der Waals surface area contributed by atoms with Gasteiger partial charge < -0.3 is 9.84 Å². The maximum Gasteiger partial charge on any atom is 0.245 e. The van der Waals surface area contributed by atoms with Gasteiger partial charge in [-0.15, -0.1) is 0 Å². The van der Waals surface area contributed by atoms with Gasteiger partial charge in [-0.05, 0) is 26.0 Å². The maximum atomic E-state index is 12.9. The normalized spacial score (nSPS) is 19.7. The van der Waals surface area contributed by atoms with Crippen LogP contribution >= 0.6 is 23.2 Å². The minimum Gasteiger partial charge on any atom is -0.392 e. The molecule has 1 saturated heterocycles. The molecule has 1 aliphatic rings. The summed E-state index contributed by atoms with van der Waals surface area (Å²) in [6.45, 7) is 4.06. The summed E-state index contributed by atoms with van der Waals surface area (Å²) in [4.78, 5) is -0.0485. The Kier molecular flexibility index (Phi) is 4.87. The molecule has 0 unspecified atom stereocenters. The molecule has 118 valence electrons. The van der Waals surface area contributed by atoms with Gasteiger partial charge in [0.25, 0.3) is 0 Å². The minimum atomic E-state index is -3.80. The molecule has 1 aromatic carbocycles. The molecule has 1 aromatic rings. The van der Waals surface area contributed by atoms with E-state index in [0.29, 0.717) is 13.2 Å². The Morgan fingerprint density at radius 3 is 2.62 bits per heavy atom. The fraction of sp³-hybridized carbons (Fsp3) is 0.538. The zero-order valence-corrected chi connectivity index (χ0v) is 14.1. The first-order valence-electron chi connectivity index (χ1n) is 6.40. The van der Waals surface area contributed by atoms with Gasteiger partial charge in [0.05, 0.1) is 30.4 Å². The lowest BCUT2D eigenvalue weighted by Gasteiger charge is -2.40. The predicted molar refractivity (Wildman–Crippen MR) is 81.2 cm³/mol. The van der Waals surface area contributed by atoms with Crippen molar-refractivity contribution in [3.8, 4) is 0 Å². The van der Waals surface area contributed by atoms with Crippen molar-refractivity contribution >= 4 is 33.2 Å². The minimum absolute atomic E-state index is 0.0349. The molecule has 0 radical (unpaired) electrons. The monoisotopic (exact) mass is 353 g/mol. The molecule has 1 fully saturated rings. The van der Waals surface area contributed by atoms with Gasteiger partial charge in [-0.1, -0.05) is 23.2 Å². The number of nitrogens with zero attached hydrogens (tertiary/aromatic N) is 1. The highest BCUT2D eigenvalue weighted by Crippen LogP contribution is 2.35. The Morgan fingerprint density at radius 2 is 2.05 bits per heavy atom. The SMILES string of the molecule is CC1(C)COCCN1S(=O)(=O)c1ccc(Cl)c(CO)c1Cl. The number of morpholine rings is 1. The van der Waals surface area contributed by atoms with E-state index >= 15 is 0 Å². The number of hydrogen-bond acceptors (Lipinski definition) is 4. The number of hydrogen-bond donors (Lipinski definition) is 1. The van der Waals surface area contributed by atoms with Crippen LogP contribution in [0.3, 0.4) is 0 Å². The van der Waals surface area contributed by atoms with Crippen LogP contribution in [0, 0.1) is 0 Å². The fourth-order valence-electron chi connectivity index (χ4n) is 2.33. The molecule has 0 atom stereocenters. The fourth-order valence-corrected chi connectivity index (χ4v) is 4.96. The largest absolute Gasteiger partial charge is 0.392 e. The van der Waals surface area contributed by atoms with Crippen LogP contribution in [0.5, 0.6) is 0 Å². The van der Waals surface area contributed by atoms with Gasteiger partial charge in [0.15, 0.2) is 0 Å². The first kappa shape index (κ1) is 17.0. The number of rotatable bonds is 3. The van der Waals surface area contributed by atoms with Crippen LogP contribution in [0.4, 0.5) is 0 Å². The van der Waals surface area contributed by atoms with Gasteiger partial charge in [-0.25, -0.2) is 8.42 Å². The quantitative estimate of drug-likeness (QED) is 0.905. The van der Waals surface area contributed by atoms with E-state index in [2.05, 4.69) is 0 Å². The Labute approximate surface area is 134 Å². The van der Waals surface area contributed by atoms with Crippen molar-refractivity contribution in [2.24, 2.45) is 0 Å². The molecular weight excluding hydrogens is 337 g/mol. The Morgan fingerprint density at radius 1 is 1.38 bits per heavy atom. The van der Waals surface area contributed by atoms with E-state index in [0.717, 1.165) is 0 Å². The molecule has 0 spiro atoms.